The SMILES string of the molecule is Cc1cc(C#N)cc(NCC2CCCC2C)n1. The maximum Gasteiger partial charge on any atom is 0.127 e. The van der Waals surface area contributed by atoms with Gasteiger partial charge in [0.1, 0.15) is 5.82 Å². The molecule has 2 rings (SSSR count). The number of pyridine rings is 1. The Morgan fingerprint density at radius 2 is 2.29 bits per heavy atom. The molecule has 1 aliphatic carbocycles. The fourth-order valence-corrected chi connectivity index (χ4v) is 2.58. The largest absolute Gasteiger partial charge is 0.370 e. The summed E-state index contributed by atoms with van der Waals surface area (Å²) in [4.78, 5) is 4.41. The van der Waals surface area contributed by atoms with Crippen LogP contribution in [0.3, 0.4) is 0 Å². The van der Waals surface area contributed by atoms with Crippen LogP contribution in [0.25, 0.3) is 0 Å². The predicted octanol–water partition coefficient (Wildman–Crippen LogP) is 3.11. The Labute approximate surface area is 103 Å². The third kappa shape index (κ3) is 2.97. The van der Waals surface area contributed by atoms with Gasteiger partial charge in [-0.15, -0.1) is 0 Å². The number of hydrogen-bond acceptors (Lipinski definition) is 3. The molecule has 17 heavy (non-hydrogen) atoms. The van der Waals surface area contributed by atoms with Crippen LogP contribution in [0.15, 0.2) is 12.1 Å². The molecule has 1 heterocycles. The number of nitriles is 1. The first-order valence-corrected chi connectivity index (χ1v) is 6.31. The van der Waals surface area contributed by atoms with Crippen molar-refractivity contribution in [1.29, 1.82) is 5.26 Å². The van der Waals surface area contributed by atoms with E-state index in [2.05, 4.69) is 23.3 Å². The van der Waals surface area contributed by atoms with Crippen molar-refractivity contribution in [3.63, 3.8) is 0 Å². The lowest BCUT2D eigenvalue weighted by atomic mass is 9.98. The smallest absolute Gasteiger partial charge is 0.127 e. The van der Waals surface area contributed by atoms with Gasteiger partial charge in [0.2, 0.25) is 0 Å². The molecule has 0 amide bonds. The Morgan fingerprint density at radius 3 is 2.94 bits per heavy atom. The summed E-state index contributed by atoms with van der Waals surface area (Å²) in [5.41, 5.74) is 1.57. The van der Waals surface area contributed by atoms with Crippen LogP contribution in [0, 0.1) is 30.1 Å². The number of hydrogen-bond donors (Lipinski definition) is 1. The van der Waals surface area contributed by atoms with Gasteiger partial charge >= 0.3 is 0 Å². The zero-order valence-electron chi connectivity index (χ0n) is 10.5. The first-order chi connectivity index (χ1) is 8.19. The zero-order valence-corrected chi connectivity index (χ0v) is 10.5. The molecule has 1 N–H and O–H groups in total. The van der Waals surface area contributed by atoms with Crippen molar-refractivity contribution in [2.24, 2.45) is 11.8 Å². The van der Waals surface area contributed by atoms with Crippen molar-refractivity contribution in [2.45, 2.75) is 33.1 Å². The van der Waals surface area contributed by atoms with Gasteiger partial charge in [0.25, 0.3) is 0 Å². The van der Waals surface area contributed by atoms with Crippen LogP contribution in [-0.4, -0.2) is 11.5 Å². The van der Waals surface area contributed by atoms with Crippen molar-refractivity contribution in [2.75, 3.05) is 11.9 Å². The molecule has 2 unspecified atom stereocenters. The van der Waals surface area contributed by atoms with E-state index < -0.39 is 0 Å². The number of anilines is 1. The van der Waals surface area contributed by atoms with Gasteiger partial charge < -0.3 is 5.32 Å². The number of rotatable bonds is 3. The van der Waals surface area contributed by atoms with E-state index in [0.29, 0.717) is 5.56 Å². The van der Waals surface area contributed by atoms with E-state index in [4.69, 9.17) is 5.26 Å². The highest BCUT2D eigenvalue weighted by Crippen LogP contribution is 2.31. The minimum atomic E-state index is 0.680. The van der Waals surface area contributed by atoms with Crippen molar-refractivity contribution >= 4 is 5.82 Å². The molecule has 0 radical (unpaired) electrons. The predicted molar refractivity (Wildman–Crippen MR) is 68.7 cm³/mol. The topological polar surface area (TPSA) is 48.7 Å². The summed E-state index contributed by atoms with van der Waals surface area (Å²) in [5.74, 6) is 2.39. The summed E-state index contributed by atoms with van der Waals surface area (Å²) in [6.45, 7) is 5.22. The fourth-order valence-electron chi connectivity index (χ4n) is 2.58. The molecule has 3 heteroatoms. The second-order valence-corrected chi connectivity index (χ2v) is 5.04. The Kier molecular flexibility index (Phi) is 3.63. The van der Waals surface area contributed by atoms with Crippen molar-refractivity contribution < 1.29 is 0 Å². The molecule has 1 aliphatic rings. The zero-order chi connectivity index (χ0) is 12.3. The molecule has 1 saturated carbocycles. The lowest BCUT2D eigenvalue weighted by molar-refractivity contribution is 0.439. The van der Waals surface area contributed by atoms with Gasteiger partial charge in [-0.2, -0.15) is 5.26 Å². The van der Waals surface area contributed by atoms with Crippen molar-refractivity contribution in [1.82, 2.24) is 4.98 Å². The Morgan fingerprint density at radius 1 is 1.47 bits per heavy atom. The summed E-state index contributed by atoms with van der Waals surface area (Å²) in [6.07, 6.45) is 4.00. The van der Waals surface area contributed by atoms with Crippen LogP contribution >= 0.6 is 0 Å². The van der Waals surface area contributed by atoms with Gasteiger partial charge in [0.15, 0.2) is 0 Å². The molecule has 1 aromatic heterocycles. The maximum atomic E-state index is 8.90. The average molecular weight is 229 g/mol. The Hall–Kier alpha value is -1.56. The molecular weight excluding hydrogens is 210 g/mol. The monoisotopic (exact) mass is 229 g/mol. The molecule has 1 fully saturated rings. The lowest BCUT2D eigenvalue weighted by Crippen LogP contribution is -2.17. The van der Waals surface area contributed by atoms with E-state index in [0.717, 1.165) is 29.9 Å². The molecular formula is C14H19N3. The van der Waals surface area contributed by atoms with Crippen molar-refractivity contribution in [3.8, 4) is 6.07 Å². The minimum absolute atomic E-state index is 0.680. The third-order valence-corrected chi connectivity index (χ3v) is 3.67. The van der Waals surface area contributed by atoms with E-state index in [1.807, 2.05) is 19.1 Å². The van der Waals surface area contributed by atoms with Crippen LogP contribution in [0.2, 0.25) is 0 Å². The van der Waals surface area contributed by atoms with E-state index in [-0.39, 0.29) is 0 Å². The van der Waals surface area contributed by atoms with Crippen LogP contribution in [0.1, 0.15) is 37.4 Å². The van der Waals surface area contributed by atoms with Crippen molar-refractivity contribution in [3.05, 3.63) is 23.4 Å². The molecule has 1 aromatic rings. The van der Waals surface area contributed by atoms with Crippen LogP contribution < -0.4 is 5.32 Å². The maximum absolute atomic E-state index is 8.90. The first-order valence-electron chi connectivity index (χ1n) is 6.31. The molecule has 3 nitrogen and oxygen atoms in total. The third-order valence-electron chi connectivity index (χ3n) is 3.67. The summed E-state index contributed by atoms with van der Waals surface area (Å²) in [5, 5.41) is 12.3. The molecule has 0 saturated heterocycles. The summed E-state index contributed by atoms with van der Waals surface area (Å²) < 4.78 is 0. The molecule has 0 bridgehead atoms. The quantitative estimate of drug-likeness (QED) is 0.866. The number of nitrogens with zero attached hydrogens (tertiary/aromatic N) is 2. The molecule has 0 spiro atoms. The van der Waals surface area contributed by atoms with Crippen LogP contribution in [0.5, 0.6) is 0 Å². The first kappa shape index (κ1) is 11.9. The van der Waals surface area contributed by atoms with E-state index >= 15 is 0 Å². The average Bonchev–Trinajstić information content (AvgIpc) is 2.71. The number of aromatic nitrogens is 1. The normalized spacial score (nSPS) is 23.4. The van der Waals surface area contributed by atoms with Gasteiger partial charge in [-0.05, 0) is 37.3 Å². The van der Waals surface area contributed by atoms with Crippen LogP contribution in [0.4, 0.5) is 5.82 Å². The van der Waals surface area contributed by atoms with Gasteiger partial charge in [-0.25, -0.2) is 4.98 Å². The van der Waals surface area contributed by atoms with E-state index in [1.54, 1.807) is 0 Å². The highest BCUT2D eigenvalue weighted by molar-refractivity contribution is 5.44. The standard InChI is InChI=1S/C14H19N3/c1-10-4-3-5-13(10)9-16-14-7-12(8-15)6-11(2)17-14/h6-7,10,13H,3-5,9H2,1-2H3,(H,16,17). The molecule has 0 aromatic carbocycles. The second kappa shape index (κ2) is 5.18. The summed E-state index contributed by atoms with van der Waals surface area (Å²) >= 11 is 0. The highest BCUT2D eigenvalue weighted by atomic mass is 15.0. The summed E-state index contributed by atoms with van der Waals surface area (Å²) in [6, 6.07) is 5.80. The number of nitrogens with one attached hydrogen (secondary N) is 1. The van der Waals surface area contributed by atoms with Gasteiger partial charge in [0, 0.05) is 12.2 Å². The molecule has 90 valence electrons. The minimum Gasteiger partial charge on any atom is -0.370 e. The summed E-state index contributed by atoms with van der Waals surface area (Å²) in [7, 11) is 0. The van der Waals surface area contributed by atoms with Gasteiger partial charge in [0.05, 0.1) is 11.6 Å². The number of aryl methyl sites for hydroxylation is 1. The van der Waals surface area contributed by atoms with Gasteiger partial charge in [-0.3, -0.25) is 0 Å². The highest BCUT2D eigenvalue weighted by Gasteiger charge is 2.22. The lowest BCUT2D eigenvalue weighted by Gasteiger charge is -2.16. The van der Waals surface area contributed by atoms with E-state index in [9.17, 15) is 0 Å². The molecule has 2 atom stereocenters. The fraction of sp³-hybridized carbons (Fsp3) is 0.571. The Balaban J connectivity index is 1.99. The van der Waals surface area contributed by atoms with Crippen LogP contribution in [-0.2, 0) is 0 Å². The Bertz CT molecular complexity index is 434. The van der Waals surface area contributed by atoms with Gasteiger partial charge in [-0.1, -0.05) is 19.8 Å². The molecule has 0 aliphatic heterocycles. The second-order valence-electron chi connectivity index (χ2n) is 5.04. The van der Waals surface area contributed by atoms with E-state index in [1.165, 1.54) is 19.3 Å².